The van der Waals surface area contributed by atoms with E-state index in [-0.39, 0.29) is 5.91 Å². The second-order valence-corrected chi connectivity index (χ2v) is 6.11. The van der Waals surface area contributed by atoms with Gasteiger partial charge in [-0.1, -0.05) is 12.1 Å². The molecule has 3 heterocycles. The molecule has 4 aromatic rings. The predicted molar refractivity (Wildman–Crippen MR) is 103 cm³/mol. The third-order valence-electron chi connectivity index (χ3n) is 4.31. The van der Waals surface area contributed by atoms with Gasteiger partial charge >= 0.3 is 0 Å². The lowest BCUT2D eigenvalue weighted by molar-refractivity contribution is 0.0946. The maximum Gasteiger partial charge on any atom is 0.267 e. The van der Waals surface area contributed by atoms with Gasteiger partial charge in [0.1, 0.15) is 11.4 Å². The molecule has 0 unspecified atom stereocenters. The van der Waals surface area contributed by atoms with Crippen LogP contribution in [0.3, 0.4) is 0 Å². The number of nitrogens with zero attached hydrogens (tertiary/aromatic N) is 2. The number of ether oxygens (including phenoxy) is 1. The molecule has 0 saturated heterocycles. The van der Waals surface area contributed by atoms with E-state index in [2.05, 4.69) is 20.3 Å². The summed E-state index contributed by atoms with van der Waals surface area (Å²) in [6.07, 6.45) is 5.22. The summed E-state index contributed by atoms with van der Waals surface area (Å²) in [5.41, 5.74) is 4.14. The summed E-state index contributed by atoms with van der Waals surface area (Å²) in [5.74, 6) is 0.599. The van der Waals surface area contributed by atoms with Gasteiger partial charge in [-0.25, -0.2) is 0 Å². The van der Waals surface area contributed by atoms with Gasteiger partial charge in [-0.2, -0.15) is 0 Å². The molecule has 0 fully saturated rings. The van der Waals surface area contributed by atoms with Crippen molar-refractivity contribution in [1.29, 1.82) is 0 Å². The normalized spacial score (nSPS) is 10.7. The maximum atomic E-state index is 12.5. The fraction of sp³-hybridized carbons (Fsp3) is 0.0952. The number of methoxy groups -OCH3 is 1. The number of fused-ring (bicyclic) bond motifs is 1. The minimum Gasteiger partial charge on any atom is -0.497 e. The van der Waals surface area contributed by atoms with Crippen LogP contribution < -0.4 is 10.1 Å². The summed E-state index contributed by atoms with van der Waals surface area (Å²) in [5, 5.41) is 3.81. The standard InChI is InChI=1S/C21H18N4O2/c1-27-17-4-2-3-14(9-17)12-24-21(26)20-10-16-13-23-18(11-19(16)25-20)15-5-7-22-8-6-15/h2-11,13,25H,12H2,1H3,(H,24,26). The first kappa shape index (κ1) is 16.8. The number of benzene rings is 1. The Morgan fingerprint density at radius 1 is 1.15 bits per heavy atom. The molecule has 0 radical (unpaired) electrons. The summed E-state index contributed by atoms with van der Waals surface area (Å²) >= 11 is 0. The van der Waals surface area contributed by atoms with E-state index in [0.29, 0.717) is 12.2 Å². The Labute approximate surface area is 156 Å². The van der Waals surface area contributed by atoms with Crippen LogP contribution in [0.1, 0.15) is 16.1 Å². The molecule has 0 saturated carbocycles. The summed E-state index contributed by atoms with van der Waals surface area (Å²) in [4.78, 5) is 24.2. The Balaban J connectivity index is 1.52. The van der Waals surface area contributed by atoms with Crippen molar-refractivity contribution in [3.8, 4) is 17.0 Å². The number of hydrogen-bond donors (Lipinski definition) is 2. The molecule has 2 N–H and O–H groups in total. The molecule has 0 atom stereocenters. The highest BCUT2D eigenvalue weighted by Crippen LogP contribution is 2.22. The topological polar surface area (TPSA) is 79.9 Å². The van der Waals surface area contributed by atoms with Gasteiger partial charge in [0, 0.05) is 41.6 Å². The lowest BCUT2D eigenvalue weighted by Crippen LogP contribution is -2.23. The molecule has 4 rings (SSSR count). The zero-order chi connectivity index (χ0) is 18.6. The third kappa shape index (κ3) is 3.64. The quantitative estimate of drug-likeness (QED) is 0.572. The molecule has 27 heavy (non-hydrogen) atoms. The summed E-state index contributed by atoms with van der Waals surface area (Å²) in [7, 11) is 1.62. The Kier molecular flexibility index (Phi) is 4.53. The zero-order valence-corrected chi connectivity index (χ0v) is 14.8. The minimum absolute atomic E-state index is 0.167. The first-order valence-corrected chi connectivity index (χ1v) is 8.53. The van der Waals surface area contributed by atoms with Gasteiger partial charge in [-0.15, -0.1) is 0 Å². The Bertz CT molecular complexity index is 1090. The Morgan fingerprint density at radius 2 is 2.00 bits per heavy atom. The molecular weight excluding hydrogens is 340 g/mol. The van der Waals surface area contributed by atoms with Crippen molar-refractivity contribution >= 4 is 16.8 Å². The Morgan fingerprint density at radius 3 is 2.81 bits per heavy atom. The first-order valence-electron chi connectivity index (χ1n) is 8.53. The van der Waals surface area contributed by atoms with Crippen LogP contribution in [0.15, 0.2) is 67.1 Å². The number of hydrogen-bond acceptors (Lipinski definition) is 4. The molecule has 3 aromatic heterocycles. The van der Waals surface area contributed by atoms with Gasteiger partial charge in [0.2, 0.25) is 0 Å². The van der Waals surface area contributed by atoms with Crippen molar-refractivity contribution in [3.05, 3.63) is 78.4 Å². The number of H-pyrrole nitrogens is 1. The fourth-order valence-electron chi connectivity index (χ4n) is 2.89. The van der Waals surface area contributed by atoms with E-state index in [1.165, 1.54) is 0 Å². The van der Waals surface area contributed by atoms with E-state index in [0.717, 1.165) is 33.5 Å². The summed E-state index contributed by atoms with van der Waals surface area (Å²) in [6.45, 7) is 0.423. The van der Waals surface area contributed by atoms with Crippen LogP contribution in [0.4, 0.5) is 0 Å². The largest absolute Gasteiger partial charge is 0.497 e. The molecule has 0 bridgehead atoms. The lowest BCUT2D eigenvalue weighted by atomic mass is 10.1. The van der Waals surface area contributed by atoms with E-state index in [1.807, 2.05) is 42.5 Å². The second-order valence-electron chi connectivity index (χ2n) is 6.11. The van der Waals surface area contributed by atoms with Crippen LogP contribution in [-0.4, -0.2) is 28.0 Å². The summed E-state index contributed by atoms with van der Waals surface area (Å²) < 4.78 is 5.20. The number of aromatic nitrogens is 3. The van der Waals surface area contributed by atoms with Crippen molar-refractivity contribution in [2.24, 2.45) is 0 Å². The number of pyridine rings is 2. The zero-order valence-electron chi connectivity index (χ0n) is 14.8. The summed E-state index contributed by atoms with van der Waals surface area (Å²) in [6, 6.07) is 15.2. The number of rotatable bonds is 5. The smallest absolute Gasteiger partial charge is 0.267 e. The van der Waals surface area contributed by atoms with Crippen molar-refractivity contribution in [1.82, 2.24) is 20.3 Å². The van der Waals surface area contributed by atoms with E-state index in [1.54, 1.807) is 31.8 Å². The van der Waals surface area contributed by atoms with Crippen molar-refractivity contribution in [3.63, 3.8) is 0 Å². The van der Waals surface area contributed by atoms with Crippen LogP contribution >= 0.6 is 0 Å². The van der Waals surface area contributed by atoms with Gasteiger partial charge < -0.3 is 15.0 Å². The monoisotopic (exact) mass is 358 g/mol. The van der Waals surface area contributed by atoms with Gasteiger partial charge in [0.05, 0.1) is 12.8 Å². The molecule has 134 valence electrons. The van der Waals surface area contributed by atoms with E-state index in [4.69, 9.17) is 4.74 Å². The number of aromatic amines is 1. The van der Waals surface area contributed by atoms with Gasteiger partial charge in [-0.3, -0.25) is 14.8 Å². The van der Waals surface area contributed by atoms with Gasteiger partial charge in [-0.05, 0) is 42.0 Å². The van der Waals surface area contributed by atoms with Crippen LogP contribution in [0.2, 0.25) is 0 Å². The molecule has 6 heteroatoms. The predicted octanol–water partition coefficient (Wildman–Crippen LogP) is 3.56. The average Bonchev–Trinajstić information content (AvgIpc) is 3.16. The fourth-order valence-corrected chi connectivity index (χ4v) is 2.89. The SMILES string of the molecule is COc1cccc(CNC(=O)c2cc3cnc(-c4ccncc4)cc3[nH]2)c1. The van der Waals surface area contributed by atoms with E-state index < -0.39 is 0 Å². The average molecular weight is 358 g/mol. The molecule has 1 amide bonds. The molecule has 6 nitrogen and oxygen atoms in total. The van der Waals surface area contributed by atoms with Crippen LogP contribution in [-0.2, 0) is 6.54 Å². The number of carbonyl (C=O) groups is 1. The maximum absolute atomic E-state index is 12.5. The van der Waals surface area contributed by atoms with Gasteiger partial charge in [0.15, 0.2) is 0 Å². The third-order valence-corrected chi connectivity index (χ3v) is 4.31. The second kappa shape index (κ2) is 7.29. The molecule has 0 aliphatic rings. The molecular formula is C21H18N4O2. The van der Waals surface area contributed by atoms with Crippen LogP contribution in [0.25, 0.3) is 22.2 Å². The number of nitrogens with one attached hydrogen (secondary N) is 2. The van der Waals surface area contributed by atoms with E-state index >= 15 is 0 Å². The minimum atomic E-state index is -0.167. The Hall–Kier alpha value is -3.67. The van der Waals surface area contributed by atoms with Crippen molar-refractivity contribution < 1.29 is 9.53 Å². The van der Waals surface area contributed by atoms with Crippen molar-refractivity contribution in [2.45, 2.75) is 6.54 Å². The first-order chi connectivity index (χ1) is 13.2. The van der Waals surface area contributed by atoms with Crippen LogP contribution in [0.5, 0.6) is 5.75 Å². The molecule has 1 aromatic carbocycles. The molecule has 0 spiro atoms. The highest BCUT2D eigenvalue weighted by molar-refractivity contribution is 5.98. The molecule has 0 aliphatic heterocycles. The van der Waals surface area contributed by atoms with Crippen molar-refractivity contribution in [2.75, 3.05) is 7.11 Å². The molecule has 0 aliphatic carbocycles. The number of amides is 1. The van der Waals surface area contributed by atoms with Gasteiger partial charge in [0.25, 0.3) is 5.91 Å². The van der Waals surface area contributed by atoms with Crippen LogP contribution in [0, 0.1) is 0 Å². The highest BCUT2D eigenvalue weighted by Gasteiger charge is 2.11. The lowest BCUT2D eigenvalue weighted by Gasteiger charge is -2.06. The highest BCUT2D eigenvalue weighted by atomic mass is 16.5. The van der Waals surface area contributed by atoms with E-state index in [9.17, 15) is 4.79 Å². The number of carbonyl (C=O) groups excluding carboxylic acids is 1.